The number of rotatable bonds is 8. The number of hydrogen-bond acceptors (Lipinski definition) is 8. The van der Waals surface area contributed by atoms with Crippen molar-refractivity contribution in [2.24, 2.45) is 7.05 Å². The topological polar surface area (TPSA) is 95.3 Å². The highest BCUT2D eigenvalue weighted by molar-refractivity contribution is 7.99. The molecule has 4 rings (SSSR count). The molecule has 8 nitrogen and oxygen atoms in total. The summed E-state index contributed by atoms with van der Waals surface area (Å²) in [6.45, 7) is 3.81. The lowest BCUT2D eigenvalue weighted by atomic mass is 10.1. The van der Waals surface area contributed by atoms with Crippen LogP contribution in [0.2, 0.25) is 5.02 Å². The van der Waals surface area contributed by atoms with Gasteiger partial charge in [0.25, 0.3) is 0 Å². The minimum absolute atomic E-state index is 0.126. The second-order valence-corrected chi connectivity index (χ2v) is 11.1. The molecule has 1 aromatic carbocycles. The van der Waals surface area contributed by atoms with E-state index in [0.717, 1.165) is 43.2 Å². The van der Waals surface area contributed by atoms with Gasteiger partial charge in [-0.2, -0.15) is 0 Å². The van der Waals surface area contributed by atoms with Gasteiger partial charge in [0.05, 0.1) is 18.4 Å². The number of methoxy groups -OCH3 is 1. The number of aryl methyl sites for hydroxylation is 2. The van der Waals surface area contributed by atoms with Crippen LogP contribution in [0.25, 0.3) is 0 Å². The number of hydrogen-bond donors (Lipinski definition) is 1. The SMILES string of the molecule is COC(=O)c1c(NC(=O)CSc2nnc(C(C)Oc3ccc(Cl)c(C)c3)n2C)sc2c1CCCCC2. The van der Waals surface area contributed by atoms with Crippen LogP contribution in [0.15, 0.2) is 23.4 Å². The molecule has 0 aliphatic heterocycles. The van der Waals surface area contributed by atoms with Crippen LogP contribution in [0.5, 0.6) is 5.75 Å². The number of anilines is 1. The molecule has 0 saturated heterocycles. The second-order valence-electron chi connectivity index (χ2n) is 8.67. The predicted octanol–water partition coefficient (Wildman–Crippen LogP) is 5.76. The van der Waals surface area contributed by atoms with Crippen LogP contribution in [0.4, 0.5) is 5.00 Å². The van der Waals surface area contributed by atoms with Crippen molar-refractivity contribution in [3.05, 3.63) is 50.6 Å². The predicted molar refractivity (Wildman–Crippen MR) is 143 cm³/mol. The molecule has 1 unspecified atom stereocenters. The van der Waals surface area contributed by atoms with E-state index < -0.39 is 5.97 Å². The smallest absolute Gasteiger partial charge is 0.341 e. The normalized spacial score (nSPS) is 14.0. The Labute approximate surface area is 223 Å². The highest BCUT2D eigenvalue weighted by Gasteiger charge is 2.26. The van der Waals surface area contributed by atoms with E-state index in [9.17, 15) is 9.59 Å². The van der Waals surface area contributed by atoms with Crippen LogP contribution < -0.4 is 10.1 Å². The van der Waals surface area contributed by atoms with Crippen LogP contribution in [0.1, 0.15) is 64.5 Å². The molecule has 2 heterocycles. The van der Waals surface area contributed by atoms with Crippen LogP contribution >= 0.6 is 34.7 Å². The number of thioether (sulfide) groups is 1. The quantitative estimate of drug-likeness (QED) is 0.217. The van der Waals surface area contributed by atoms with E-state index in [0.29, 0.717) is 32.3 Å². The summed E-state index contributed by atoms with van der Waals surface area (Å²) in [6, 6.07) is 5.49. The van der Waals surface area contributed by atoms with Gasteiger partial charge in [-0.3, -0.25) is 4.79 Å². The number of carbonyl (C=O) groups is 2. The molecule has 0 spiro atoms. The number of nitrogens with zero attached hydrogens (tertiary/aromatic N) is 3. The maximum absolute atomic E-state index is 12.8. The van der Waals surface area contributed by atoms with Gasteiger partial charge in [0.1, 0.15) is 10.8 Å². The highest BCUT2D eigenvalue weighted by Crippen LogP contribution is 2.38. The third-order valence-electron chi connectivity index (χ3n) is 6.07. The average molecular weight is 549 g/mol. The zero-order valence-corrected chi connectivity index (χ0v) is 23.1. The first-order chi connectivity index (χ1) is 17.3. The van der Waals surface area contributed by atoms with Crippen molar-refractivity contribution in [3.63, 3.8) is 0 Å². The van der Waals surface area contributed by atoms with Gasteiger partial charge < -0.3 is 19.4 Å². The van der Waals surface area contributed by atoms with E-state index >= 15 is 0 Å². The zero-order chi connectivity index (χ0) is 25.8. The Balaban J connectivity index is 1.40. The molecule has 1 atom stereocenters. The van der Waals surface area contributed by atoms with Crippen molar-refractivity contribution in [2.75, 3.05) is 18.2 Å². The van der Waals surface area contributed by atoms with E-state index in [4.69, 9.17) is 21.1 Å². The van der Waals surface area contributed by atoms with Gasteiger partial charge in [-0.1, -0.05) is 29.8 Å². The first-order valence-electron chi connectivity index (χ1n) is 11.8. The first-order valence-corrected chi connectivity index (χ1v) is 13.9. The fraction of sp³-hybridized carbons (Fsp3) is 0.440. The summed E-state index contributed by atoms with van der Waals surface area (Å²) >= 11 is 8.86. The summed E-state index contributed by atoms with van der Waals surface area (Å²) in [4.78, 5) is 26.5. The number of fused-ring (bicyclic) bond motifs is 1. The Morgan fingerprint density at radius 3 is 2.78 bits per heavy atom. The third kappa shape index (κ3) is 5.87. The van der Waals surface area contributed by atoms with E-state index in [-0.39, 0.29) is 17.8 Å². The Bertz CT molecular complexity index is 1270. The Morgan fingerprint density at radius 2 is 2.03 bits per heavy atom. The number of esters is 1. The minimum Gasteiger partial charge on any atom is -0.483 e. The highest BCUT2D eigenvalue weighted by atomic mass is 35.5. The van der Waals surface area contributed by atoms with E-state index in [1.807, 2.05) is 37.6 Å². The number of ether oxygens (including phenoxy) is 2. The monoisotopic (exact) mass is 548 g/mol. The number of halogens is 1. The van der Waals surface area contributed by atoms with Crippen LogP contribution in [0, 0.1) is 6.92 Å². The lowest BCUT2D eigenvalue weighted by Crippen LogP contribution is -2.17. The summed E-state index contributed by atoms with van der Waals surface area (Å²) in [5.41, 5.74) is 2.45. The summed E-state index contributed by atoms with van der Waals surface area (Å²) in [5.74, 6) is 0.838. The zero-order valence-electron chi connectivity index (χ0n) is 20.7. The molecule has 0 fully saturated rings. The van der Waals surface area contributed by atoms with Crippen LogP contribution in [-0.2, 0) is 29.4 Å². The molecule has 1 N–H and O–H groups in total. The maximum atomic E-state index is 12.8. The average Bonchev–Trinajstić information content (AvgIpc) is 3.30. The minimum atomic E-state index is -0.403. The number of aromatic nitrogens is 3. The van der Waals surface area contributed by atoms with Gasteiger partial charge >= 0.3 is 5.97 Å². The molecular weight excluding hydrogens is 520 g/mol. The van der Waals surface area contributed by atoms with Crippen molar-refractivity contribution in [3.8, 4) is 5.75 Å². The summed E-state index contributed by atoms with van der Waals surface area (Å²) in [6.07, 6.45) is 4.67. The fourth-order valence-electron chi connectivity index (χ4n) is 4.19. The van der Waals surface area contributed by atoms with Crippen LogP contribution in [-0.4, -0.2) is 39.5 Å². The molecule has 2 aromatic heterocycles. The molecule has 3 aromatic rings. The number of nitrogens with one attached hydrogen (secondary N) is 1. The van der Waals surface area contributed by atoms with E-state index in [1.165, 1.54) is 35.1 Å². The molecule has 11 heteroatoms. The standard InChI is InChI=1S/C25H29ClN4O4S2/c1-14-12-16(10-11-18(14)26)34-15(2)22-28-29-25(30(22)3)35-13-20(31)27-23-21(24(32)33-4)17-8-6-5-7-9-19(17)36-23/h10-12,15H,5-9,13H2,1-4H3,(H,27,31). The summed E-state index contributed by atoms with van der Waals surface area (Å²) < 4.78 is 12.9. The Hall–Kier alpha value is -2.56. The first kappa shape index (κ1) is 26.5. The molecule has 1 aliphatic carbocycles. The van der Waals surface area contributed by atoms with Crippen LogP contribution in [0.3, 0.4) is 0 Å². The summed E-state index contributed by atoms with van der Waals surface area (Å²) in [5, 5.41) is 13.3. The van der Waals surface area contributed by atoms with Crippen molar-refractivity contribution in [1.29, 1.82) is 0 Å². The number of benzene rings is 1. The van der Waals surface area contributed by atoms with Gasteiger partial charge in [-0.15, -0.1) is 21.5 Å². The lowest BCUT2D eigenvalue weighted by Gasteiger charge is -2.15. The van der Waals surface area contributed by atoms with Gasteiger partial charge in [0.2, 0.25) is 5.91 Å². The lowest BCUT2D eigenvalue weighted by molar-refractivity contribution is -0.113. The molecule has 0 saturated carbocycles. The second kappa shape index (κ2) is 11.7. The molecule has 192 valence electrons. The van der Waals surface area contributed by atoms with Crippen molar-refractivity contribution >= 4 is 51.6 Å². The van der Waals surface area contributed by atoms with Crippen molar-refractivity contribution in [2.45, 2.75) is 57.2 Å². The third-order valence-corrected chi connectivity index (χ3v) is 8.72. The van der Waals surface area contributed by atoms with E-state index in [1.54, 1.807) is 6.07 Å². The molecular formula is C25H29ClN4O4S2. The number of amides is 1. The Morgan fingerprint density at radius 1 is 1.25 bits per heavy atom. The van der Waals surface area contributed by atoms with Gasteiger partial charge in [0, 0.05) is 16.9 Å². The van der Waals surface area contributed by atoms with Gasteiger partial charge in [-0.25, -0.2) is 4.79 Å². The molecule has 1 amide bonds. The number of carbonyl (C=O) groups excluding carboxylic acids is 2. The van der Waals surface area contributed by atoms with Crippen molar-refractivity contribution < 1.29 is 19.1 Å². The largest absolute Gasteiger partial charge is 0.483 e. The molecule has 36 heavy (non-hydrogen) atoms. The van der Waals surface area contributed by atoms with Crippen molar-refractivity contribution in [1.82, 2.24) is 14.8 Å². The molecule has 1 aliphatic rings. The van der Waals surface area contributed by atoms with E-state index in [2.05, 4.69) is 15.5 Å². The molecule has 0 radical (unpaired) electrons. The summed E-state index contributed by atoms with van der Waals surface area (Å²) in [7, 11) is 3.21. The maximum Gasteiger partial charge on any atom is 0.341 e. The number of thiophene rings is 1. The molecule has 0 bridgehead atoms. The fourth-order valence-corrected chi connectivity index (χ4v) is 6.32. The van der Waals surface area contributed by atoms with Gasteiger partial charge in [0.15, 0.2) is 17.1 Å². The van der Waals surface area contributed by atoms with Gasteiger partial charge in [-0.05, 0) is 68.9 Å². The Kier molecular flexibility index (Phi) is 8.58.